The Hall–Kier alpha value is -3.69. The van der Waals surface area contributed by atoms with Crippen LogP contribution in [0.3, 0.4) is 0 Å². The number of amides is 1. The molecule has 0 saturated heterocycles. The number of carbonyl (C=O) groups is 1. The van der Waals surface area contributed by atoms with Gasteiger partial charge in [0.05, 0.1) is 21.8 Å². The summed E-state index contributed by atoms with van der Waals surface area (Å²) in [7, 11) is 0. The summed E-state index contributed by atoms with van der Waals surface area (Å²) >= 11 is 6.99. The number of hydrazone groups is 1. The molecular weight excluding hydrogens is 631 g/mol. The maximum Gasteiger partial charge on any atom is 0.271 e. The van der Waals surface area contributed by atoms with Crippen molar-refractivity contribution >= 4 is 44.0 Å². The van der Waals surface area contributed by atoms with Crippen LogP contribution in [0.1, 0.15) is 34.0 Å². The van der Waals surface area contributed by atoms with E-state index >= 15 is 0 Å². The Labute approximate surface area is 243 Å². The summed E-state index contributed by atoms with van der Waals surface area (Å²) in [6.45, 7) is 2.89. The number of carbonyl (C=O) groups excluding carboxylic acids is 1. The maximum absolute atomic E-state index is 13.4. The highest BCUT2D eigenvalue weighted by molar-refractivity contribution is 9.11. The Kier molecular flexibility index (Phi) is 10.1. The number of nitrogens with zero attached hydrogens (tertiary/aromatic N) is 1. The highest BCUT2D eigenvalue weighted by atomic mass is 79.9. The van der Waals surface area contributed by atoms with Gasteiger partial charge in [0.25, 0.3) is 5.91 Å². The number of nitrogens with one attached hydrogen (secondary N) is 1. The van der Waals surface area contributed by atoms with Gasteiger partial charge in [0.2, 0.25) is 0 Å². The normalized spacial score (nSPS) is 10.9. The average molecular weight is 656 g/mol. The van der Waals surface area contributed by atoms with Crippen LogP contribution in [0, 0.1) is 5.82 Å². The maximum atomic E-state index is 13.4. The van der Waals surface area contributed by atoms with Crippen molar-refractivity contribution in [2.45, 2.75) is 20.1 Å². The fourth-order valence-electron chi connectivity index (χ4n) is 3.58. The molecule has 6 nitrogen and oxygen atoms in total. The fourth-order valence-corrected chi connectivity index (χ4v) is 5.03. The van der Waals surface area contributed by atoms with Crippen LogP contribution in [0.15, 0.2) is 99.0 Å². The van der Waals surface area contributed by atoms with Crippen LogP contribution >= 0.6 is 31.9 Å². The average Bonchev–Trinajstić information content (AvgIpc) is 2.92. The van der Waals surface area contributed by atoms with Gasteiger partial charge < -0.3 is 14.2 Å². The van der Waals surface area contributed by atoms with Crippen molar-refractivity contribution in [2.24, 2.45) is 5.10 Å². The van der Waals surface area contributed by atoms with Crippen molar-refractivity contribution in [1.29, 1.82) is 0 Å². The fraction of sp³-hybridized carbons (Fsp3) is 0.133. The molecule has 0 saturated carbocycles. The lowest BCUT2D eigenvalue weighted by molar-refractivity contribution is 0.0954. The molecule has 9 heteroatoms. The van der Waals surface area contributed by atoms with Crippen LogP contribution in [0.4, 0.5) is 4.39 Å². The first-order chi connectivity index (χ1) is 18.9. The van der Waals surface area contributed by atoms with E-state index in [2.05, 4.69) is 42.4 Å². The molecule has 200 valence electrons. The third kappa shape index (κ3) is 8.15. The van der Waals surface area contributed by atoms with E-state index in [0.29, 0.717) is 56.1 Å². The molecule has 0 radical (unpaired) electrons. The molecule has 0 heterocycles. The zero-order valence-electron chi connectivity index (χ0n) is 21.0. The summed E-state index contributed by atoms with van der Waals surface area (Å²) in [4.78, 5) is 12.7. The second-order valence-corrected chi connectivity index (χ2v) is 10.0. The van der Waals surface area contributed by atoms with Gasteiger partial charge in [0.1, 0.15) is 24.8 Å². The van der Waals surface area contributed by atoms with Crippen LogP contribution in [-0.4, -0.2) is 18.7 Å². The van der Waals surface area contributed by atoms with Gasteiger partial charge >= 0.3 is 0 Å². The van der Waals surface area contributed by atoms with E-state index in [1.54, 1.807) is 42.5 Å². The zero-order chi connectivity index (χ0) is 27.6. The molecule has 0 spiro atoms. The zero-order valence-corrected chi connectivity index (χ0v) is 24.2. The highest BCUT2D eigenvalue weighted by Gasteiger charge is 2.13. The Bertz CT molecular complexity index is 1440. The highest BCUT2D eigenvalue weighted by Crippen LogP contribution is 2.35. The molecule has 0 aromatic heterocycles. The van der Waals surface area contributed by atoms with Crippen LogP contribution in [0.2, 0.25) is 0 Å². The van der Waals surface area contributed by atoms with Crippen LogP contribution in [-0.2, 0) is 13.2 Å². The molecule has 0 aliphatic heterocycles. The molecule has 4 aromatic rings. The molecule has 39 heavy (non-hydrogen) atoms. The second kappa shape index (κ2) is 13.9. The quantitative estimate of drug-likeness (QED) is 0.133. The molecule has 1 amide bonds. The predicted octanol–water partition coefficient (Wildman–Crippen LogP) is 7.67. The summed E-state index contributed by atoms with van der Waals surface area (Å²) in [5, 5.41) is 4.09. The molecule has 0 fully saturated rings. The lowest BCUT2D eigenvalue weighted by Crippen LogP contribution is -2.17. The first-order valence-corrected chi connectivity index (χ1v) is 13.6. The van der Waals surface area contributed by atoms with Gasteiger partial charge in [-0.2, -0.15) is 5.10 Å². The Balaban J connectivity index is 1.38. The minimum atomic E-state index is -0.394. The summed E-state index contributed by atoms with van der Waals surface area (Å²) in [6.07, 6.45) is 1.52. The molecule has 0 aliphatic carbocycles. The monoisotopic (exact) mass is 654 g/mol. The van der Waals surface area contributed by atoms with Gasteiger partial charge in [-0.3, -0.25) is 4.79 Å². The number of hydrogen-bond acceptors (Lipinski definition) is 5. The lowest BCUT2D eigenvalue weighted by atomic mass is 10.2. The molecule has 0 atom stereocenters. The molecule has 0 unspecified atom stereocenters. The topological polar surface area (TPSA) is 69.2 Å². The molecular formula is C30H25Br2FN2O4. The smallest absolute Gasteiger partial charge is 0.271 e. The van der Waals surface area contributed by atoms with Crippen molar-refractivity contribution in [2.75, 3.05) is 6.61 Å². The van der Waals surface area contributed by atoms with E-state index < -0.39 is 5.91 Å². The van der Waals surface area contributed by atoms with E-state index in [9.17, 15) is 9.18 Å². The van der Waals surface area contributed by atoms with E-state index in [1.165, 1.54) is 18.3 Å². The largest absolute Gasteiger partial charge is 0.490 e. The Morgan fingerprint density at radius 3 is 2.28 bits per heavy atom. The summed E-state index contributed by atoms with van der Waals surface area (Å²) < 4.78 is 32.2. The van der Waals surface area contributed by atoms with Crippen molar-refractivity contribution in [3.63, 3.8) is 0 Å². The van der Waals surface area contributed by atoms with E-state index in [0.717, 1.165) is 5.56 Å². The Morgan fingerprint density at radius 2 is 1.56 bits per heavy atom. The predicted molar refractivity (Wildman–Crippen MR) is 156 cm³/mol. The summed E-state index contributed by atoms with van der Waals surface area (Å²) in [5.41, 5.74) is 5.37. The second-order valence-electron chi connectivity index (χ2n) is 8.30. The van der Waals surface area contributed by atoms with E-state index in [4.69, 9.17) is 14.2 Å². The number of hydrogen-bond donors (Lipinski definition) is 1. The van der Waals surface area contributed by atoms with Gasteiger partial charge in [0.15, 0.2) is 11.5 Å². The third-order valence-electron chi connectivity index (χ3n) is 5.42. The minimum Gasteiger partial charge on any atom is -0.490 e. The van der Waals surface area contributed by atoms with Gasteiger partial charge in [-0.25, -0.2) is 9.82 Å². The molecule has 0 aliphatic rings. The number of rotatable bonds is 11. The third-order valence-corrected chi connectivity index (χ3v) is 6.59. The van der Waals surface area contributed by atoms with Gasteiger partial charge in [0, 0.05) is 5.56 Å². The van der Waals surface area contributed by atoms with Gasteiger partial charge in [-0.1, -0.05) is 42.5 Å². The SMILES string of the molecule is CCOc1cc(C(=O)N/N=C/c2cc(Br)c(OCc3cccc(F)c3)c(Br)c2)ccc1OCc1ccccc1. The van der Waals surface area contributed by atoms with Crippen molar-refractivity contribution in [3.8, 4) is 17.2 Å². The summed E-state index contributed by atoms with van der Waals surface area (Å²) in [6, 6.07) is 24.6. The van der Waals surface area contributed by atoms with E-state index in [-0.39, 0.29) is 12.4 Å². The van der Waals surface area contributed by atoms with Crippen LogP contribution in [0.5, 0.6) is 17.2 Å². The van der Waals surface area contributed by atoms with Crippen LogP contribution < -0.4 is 19.6 Å². The van der Waals surface area contributed by atoms with Gasteiger partial charge in [-0.15, -0.1) is 0 Å². The van der Waals surface area contributed by atoms with Crippen molar-refractivity contribution < 1.29 is 23.4 Å². The van der Waals surface area contributed by atoms with E-state index in [1.807, 2.05) is 37.3 Å². The molecule has 4 aromatic carbocycles. The molecule has 0 bridgehead atoms. The lowest BCUT2D eigenvalue weighted by Gasteiger charge is -2.13. The first-order valence-electron chi connectivity index (χ1n) is 12.1. The summed E-state index contributed by atoms with van der Waals surface area (Å²) in [5.74, 6) is 0.889. The minimum absolute atomic E-state index is 0.207. The first kappa shape index (κ1) is 28.3. The standard InChI is InChI=1S/C30H25Br2FN2O4/c1-2-37-28-16-23(11-12-27(28)38-18-20-7-4-3-5-8-20)30(36)35-34-17-22-14-25(31)29(26(32)15-22)39-19-21-9-6-10-24(33)13-21/h3-17H,2,18-19H2,1H3,(H,35,36)/b34-17+. The molecule has 4 rings (SSSR count). The number of ether oxygens (including phenoxy) is 3. The molecule has 1 N–H and O–H groups in total. The number of benzene rings is 4. The van der Waals surface area contributed by atoms with Crippen molar-refractivity contribution in [1.82, 2.24) is 5.43 Å². The number of halogens is 3. The van der Waals surface area contributed by atoms with Gasteiger partial charge in [-0.05, 0) is 97.9 Å². The Morgan fingerprint density at radius 1 is 0.846 bits per heavy atom. The van der Waals surface area contributed by atoms with Crippen molar-refractivity contribution in [3.05, 3.63) is 122 Å². The van der Waals surface area contributed by atoms with Crippen LogP contribution in [0.25, 0.3) is 0 Å².